The van der Waals surface area contributed by atoms with Gasteiger partial charge in [-0.2, -0.15) is 11.8 Å². The fourth-order valence-corrected chi connectivity index (χ4v) is 2.56. The topological polar surface area (TPSA) is 12.9 Å². The predicted octanol–water partition coefficient (Wildman–Crippen LogP) is 3.16. The molecule has 0 radical (unpaired) electrons. The molecule has 0 aliphatic rings. The van der Waals surface area contributed by atoms with E-state index < -0.39 is 0 Å². The highest BCUT2D eigenvalue weighted by Crippen LogP contribution is 2.19. The van der Waals surface area contributed by atoms with Crippen LogP contribution in [0.25, 0.3) is 0 Å². The third-order valence-electron chi connectivity index (χ3n) is 0.953. The summed E-state index contributed by atoms with van der Waals surface area (Å²) in [6.45, 7) is 2.16. The summed E-state index contributed by atoms with van der Waals surface area (Å²) >= 11 is 6.93. The first-order valence-electron chi connectivity index (χ1n) is 3.00. The zero-order valence-electron chi connectivity index (χ0n) is 5.63. The Morgan fingerprint density at radius 2 is 2.60 bits per heavy atom. The quantitative estimate of drug-likeness (QED) is 0.802. The second-order valence-electron chi connectivity index (χ2n) is 1.70. The Bertz CT molecular complexity index is 199. The molecule has 0 aromatic carbocycles. The van der Waals surface area contributed by atoms with Crippen molar-refractivity contribution in [2.24, 2.45) is 0 Å². The molecular weight excluding hydrogens is 230 g/mol. The lowest BCUT2D eigenvalue weighted by molar-refractivity contribution is 1.23. The van der Waals surface area contributed by atoms with E-state index in [1.165, 1.54) is 5.01 Å². The van der Waals surface area contributed by atoms with Gasteiger partial charge in [-0.05, 0) is 21.7 Å². The molecule has 0 N–H and O–H groups in total. The number of nitrogens with zero attached hydrogens (tertiary/aromatic N) is 1. The van der Waals surface area contributed by atoms with E-state index in [9.17, 15) is 0 Å². The number of aromatic nitrogens is 1. The molecule has 0 saturated heterocycles. The van der Waals surface area contributed by atoms with Crippen LogP contribution in [0.15, 0.2) is 9.98 Å². The minimum atomic E-state index is 0.962. The molecule has 0 atom stereocenters. The second kappa shape index (κ2) is 4.36. The first-order chi connectivity index (χ1) is 4.83. The standard InChI is InChI=1S/C6H8BrNS2/c1-2-9-4-6-8-5(7)3-10-6/h3H,2,4H2,1H3. The van der Waals surface area contributed by atoms with E-state index in [0.29, 0.717) is 0 Å². The van der Waals surface area contributed by atoms with Gasteiger partial charge in [0.05, 0.1) is 0 Å². The summed E-state index contributed by atoms with van der Waals surface area (Å²) in [5.41, 5.74) is 0. The Labute approximate surface area is 77.4 Å². The van der Waals surface area contributed by atoms with Crippen LogP contribution in [0.1, 0.15) is 11.9 Å². The fraction of sp³-hybridized carbons (Fsp3) is 0.500. The average molecular weight is 238 g/mol. The van der Waals surface area contributed by atoms with E-state index in [4.69, 9.17) is 0 Å². The van der Waals surface area contributed by atoms with Crippen LogP contribution in [-0.4, -0.2) is 10.7 Å². The van der Waals surface area contributed by atoms with Crippen LogP contribution in [0.3, 0.4) is 0 Å². The van der Waals surface area contributed by atoms with Gasteiger partial charge in [0.1, 0.15) is 9.61 Å². The van der Waals surface area contributed by atoms with Gasteiger partial charge >= 0.3 is 0 Å². The number of halogens is 1. The van der Waals surface area contributed by atoms with E-state index >= 15 is 0 Å². The Balaban J connectivity index is 2.42. The summed E-state index contributed by atoms with van der Waals surface area (Å²) in [7, 11) is 0. The van der Waals surface area contributed by atoms with Gasteiger partial charge in [0.2, 0.25) is 0 Å². The summed E-state index contributed by atoms with van der Waals surface area (Å²) in [4.78, 5) is 4.26. The van der Waals surface area contributed by atoms with Crippen molar-refractivity contribution >= 4 is 39.0 Å². The number of hydrogen-bond acceptors (Lipinski definition) is 3. The second-order valence-corrected chi connectivity index (χ2v) is 4.73. The highest BCUT2D eigenvalue weighted by molar-refractivity contribution is 9.10. The van der Waals surface area contributed by atoms with Crippen LogP contribution in [0.2, 0.25) is 0 Å². The molecule has 0 amide bonds. The molecule has 0 saturated carbocycles. The molecule has 0 aliphatic heterocycles. The van der Waals surface area contributed by atoms with E-state index in [1.807, 2.05) is 17.1 Å². The lowest BCUT2D eigenvalue weighted by Crippen LogP contribution is -1.77. The highest BCUT2D eigenvalue weighted by Gasteiger charge is 1.97. The van der Waals surface area contributed by atoms with Crippen molar-refractivity contribution in [2.75, 3.05) is 5.75 Å². The van der Waals surface area contributed by atoms with Gasteiger partial charge in [-0.3, -0.25) is 0 Å². The largest absolute Gasteiger partial charge is 0.233 e. The maximum absolute atomic E-state index is 4.26. The molecule has 0 bridgehead atoms. The van der Waals surface area contributed by atoms with Crippen LogP contribution in [-0.2, 0) is 5.75 Å². The normalized spacial score (nSPS) is 10.2. The molecular formula is C6H8BrNS2. The zero-order chi connectivity index (χ0) is 7.40. The number of hydrogen-bond donors (Lipinski definition) is 0. The number of rotatable bonds is 3. The lowest BCUT2D eigenvalue weighted by Gasteiger charge is -1.89. The molecule has 1 aromatic rings. The van der Waals surface area contributed by atoms with Crippen molar-refractivity contribution in [3.63, 3.8) is 0 Å². The highest BCUT2D eigenvalue weighted by atomic mass is 79.9. The molecule has 10 heavy (non-hydrogen) atoms. The van der Waals surface area contributed by atoms with E-state index in [2.05, 4.69) is 27.8 Å². The summed E-state index contributed by atoms with van der Waals surface area (Å²) in [5, 5.41) is 3.23. The lowest BCUT2D eigenvalue weighted by atomic mass is 10.8. The molecule has 1 rings (SSSR count). The molecule has 1 heterocycles. The summed E-state index contributed by atoms with van der Waals surface area (Å²) in [6.07, 6.45) is 0. The van der Waals surface area contributed by atoms with Gasteiger partial charge < -0.3 is 0 Å². The minimum Gasteiger partial charge on any atom is -0.233 e. The number of thioether (sulfide) groups is 1. The third-order valence-corrected chi connectivity index (χ3v) is 3.58. The van der Waals surface area contributed by atoms with Crippen molar-refractivity contribution in [1.29, 1.82) is 0 Å². The van der Waals surface area contributed by atoms with E-state index in [-0.39, 0.29) is 0 Å². The molecule has 0 aliphatic carbocycles. The fourth-order valence-electron chi connectivity index (χ4n) is 0.544. The monoisotopic (exact) mass is 237 g/mol. The summed E-state index contributed by atoms with van der Waals surface area (Å²) in [6, 6.07) is 0. The number of thiazole rings is 1. The SMILES string of the molecule is CCSCc1nc(Br)cs1. The smallest absolute Gasteiger partial charge is 0.117 e. The van der Waals surface area contributed by atoms with Gasteiger partial charge in [0.15, 0.2) is 0 Å². The van der Waals surface area contributed by atoms with Crippen LogP contribution >= 0.6 is 39.0 Å². The third kappa shape index (κ3) is 2.60. The average Bonchev–Trinajstić information content (AvgIpc) is 2.31. The molecule has 1 nitrogen and oxygen atoms in total. The van der Waals surface area contributed by atoms with Gasteiger partial charge in [-0.15, -0.1) is 11.3 Å². The van der Waals surface area contributed by atoms with Gasteiger partial charge in [-0.1, -0.05) is 6.92 Å². The molecule has 1 aromatic heterocycles. The Hall–Kier alpha value is 0.460. The Morgan fingerprint density at radius 1 is 1.80 bits per heavy atom. The molecule has 0 fully saturated rings. The first kappa shape index (κ1) is 8.56. The van der Waals surface area contributed by atoms with Crippen LogP contribution in [0.5, 0.6) is 0 Å². The first-order valence-corrected chi connectivity index (χ1v) is 5.83. The van der Waals surface area contributed by atoms with Crippen molar-refractivity contribution < 1.29 is 0 Å². The maximum atomic E-state index is 4.26. The molecule has 0 unspecified atom stereocenters. The zero-order valence-corrected chi connectivity index (χ0v) is 8.85. The van der Waals surface area contributed by atoms with Crippen LogP contribution in [0, 0.1) is 0 Å². The van der Waals surface area contributed by atoms with Crippen molar-refractivity contribution in [1.82, 2.24) is 4.98 Å². The van der Waals surface area contributed by atoms with E-state index in [0.717, 1.165) is 16.1 Å². The van der Waals surface area contributed by atoms with Crippen LogP contribution < -0.4 is 0 Å². The minimum absolute atomic E-state index is 0.962. The molecule has 56 valence electrons. The van der Waals surface area contributed by atoms with Gasteiger partial charge in [-0.25, -0.2) is 4.98 Å². The van der Waals surface area contributed by atoms with Gasteiger partial charge in [0.25, 0.3) is 0 Å². The summed E-state index contributed by atoms with van der Waals surface area (Å²) in [5.74, 6) is 2.21. The Kier molecular flexibility index (Phi) is 3.73. The van der Waals surface area contributed by atoms with Crippen molar-refractivity contribution in [3.05, 3.63) is 15.0 Å². The van der Waals surface area contributed by atoms with Crippen molar-refractivity contribution in [2.45, 2.75) is 12.7 Å². The molecule has 4 heteroatoms. The van der Waals surface area contributed by atoms with Gasteiger partial charge in [0, 0.05) is 11.1 Å². The molecule has 0 spiro atoms. The maximum Gasteiger partial charge on any atom is 0.117 e. The summed E-state index contributed by atoms with van der Waals surface area (Å²) < 4.78 is 0.962. The van der Waals surface area contributed by atoms with E-state index in [1.54, 1.807) is 11.3 Å². The predicted molar refractivity (Wildman–Crippen MR) is 51.7 cm³/mol. The Morgan fingerprint density at radius 3 is 3.10 bits per heavy atom. The van der Waals surface area contributed by atoms with Crippen LogP contribution in [0.4, 0.5) is 0 Å². The van der Waals surface area contributed by atoms with Crippen molar-refractivity contribution in [3.8, 4) is 0 Å².